The van der Waals surface area contributed by atoms with Gasteiger partial charge in [-0.05, 0) is 47.0 Å². The number of sulfonamides is 1. The normalized spacial score (nSPS) is 20.5. The van der Waals surface area contributed by atoms with Crippen molar-refractivity contribution in [2.24, 2.45) is 5.73 Å². The lowest BCUT2D eigenvalue weighted by atomic mass is 10.1. The van der Waals surface area contributed by atoms with Gasteiger partial charge in [-0.3, -0.25) is 0 Å². The Labute approximate surface area is 135 Å². The summed E-state index contributed by atoms with van der Waals surface area (Å²) >= 11 is 3.37. The maximum atomic E-state index is 13.0. The fraction of sp³-hybridized carbons (Fsp3) is 0.571. The second kappa shape index (κ2) is 6.64. The van der Waals surface area contributed by atoms with Crippen LogP contribution in [0.2, 0.25) is 0 Å². The first kappa shape index (κ1) is 16.7. The van der Waals surface area contributed by atoms with Gasteiger partial charge in [0.2, 0.25) is 10.0 Å². The third-order valence-electron chi connectivity index (χ3n) is 3.86. The molecule has 0 radical (unpaired) electrons. The van der Waals surface area contributed by atoms with E-state index in [0.29, 0.717) is 22.5 Å². The van der Waals surface area contributed by atoms with Crippen LogP contribution in [-0.4, -0.2) is 45.9 Å². The zero-order valence-electron chi connectivity index (χ0n) is 12.4. The van der Waals surface area contributed by atoms with Gasteiger partial charge in [0.15, 0.2) is 0 Å². The molecular weight excluding hydrogens is 354 g/mol. The number of halogens is 1. The molecule has 21 heavy (non-hydrogen) atoms. The lowest BCUT2D eigenvalue weighted by molar-refractivity contribution is 0.257. The van der Waals surface area contributed by atoms with E-state index in [0.717, 1.165) is 24.9 Å². The molecular formula is C14H22BrN3O2S. The third-order valence-corrected chi connectivity index (χ3v) is 6.81. The molecule has 1 fully saturated rings. The van der Waals surface area contributed by atoms with Crippen molar-refractivity contribution in [1.29, 1.82) is 0 Å². The summed E-state index contributed by atoms with van der Waals surface area (Å²) in [4.78, 5) is 2.20. The summed E-state index contributed by atoms with van der Waals surface area (Å²) in [6.45, 7) is 0.910. The maximum Gasteiger partial charge on any atom is 0.244 e. The smallest absolute Gasteiger partial charge is 0.244 e. The molecule has 1 aromatic carbocycles. The van der Waals surface area contributed by atoms with Crippen LogP contribution in [0.25, 0.3) is 0 Å². The second-order valence-corrected chi connectivity index (χ2v) is 8.22. The van der Waals surface area contributed by atoms with Crippen LogP contribution >= 0.6 is 15.9 Å². The van der Waals surface area contributed by atoms with E-state index >= 15 is 0 Å². The monoisotopic (exact) mass is 375 g/mol. The molecule has 2 N–H and O–H groups in total. The Morgan fingerprint density at radius 1 is 1.38 bits per heavy atom. The van der Waals surface area contributed by atoms with Crippen molar-refractivity contribution in [3.05, 3.63) is 22.7 Å². The molecule has 1 aromatic rings. The molecule has 0 amide bonds. The molecule has 1 unspecified atom stereocenters. The molecule has 0 saturated carbocycles. The van der Waals surface area contributed by atoms with E-state index in [2.05, 4.69) is 15.9 Å². The first-order valence-electron chi connectivity index (χ1n) is 7.06. The molecule has 1 aliphatic heterocycles. The highest BCUT2D eigenvalue weighted by atomic mass is 79.9. The predicted molar refractivity (Wildman–Crippen MR) is 89.1 cm³/mol. The summed E-state index contributed by atoms with van der Waals surface area (Å²) in [6, 6.07) is 5.28. The summed E-state index contributed by atoms with van der Waals surface area (Å²) < 4.78 is 28.1. The first-order valence-corrected chi connectivity index (χ1v) is 9.30. The summed E-state index contributed by atoms with van der Waals surface area (Å²) in [5, 5.41) is 0. The Morgan fingerprint density at radius 2 is 2.10 bits per heavy atom. The Bertz CT molecular complexity index is 604. The lowest BCUT2D eigenvalue weighted by Gasteiger charge is -2.34. The SMILES string of the molecule is CN(C)c1ccc(Br)c(S(=O)(=O)N2CCCCC2CN)c1. The first-order chi connectivity index (χ1) is 9.87. The van der Waals surface area contributed by atoms with E-state index in [1.165, 1.54) is 0 Å². The number of rotatable bonds is 4. The second-order valence-electron chi connectivity index (χ2n) is 5.51. The maximum absolute atomic E-state index is 13.0. The van der Waals surface area contributed by atoms with E-state index in [1.807, 2.05) is 25.1 Å². The highest BCUT2D eigenvalue weighted by molar-refractivity contribution is 9.10. The molecule has 0 aliphatic carbocycles. The van der Waals surface area contributed by atoms with Crippen LogP contribution in [0, 0.1) is 0 Å². The van der Waals surface area contributed by atoms with E-state index in [1.54, 1.807) is 16.4 Å². The molecule has 2 rings (SSSR count). The van der Waals surface area contributed by atoms with E-state index in [-0.39, 0.29) is 6.04 Å². The molecule has 5 nitrogen and oxygen atoms in total. The van der Waals surface area contributed by atoms with Gasteiger partial charge in [-0.15, -0.1) is 0 Å². The molecule has 1 atom stereocenters. The molecule has 7 heteroatoms. The minimum absolute atomic E-state index is 0.0985. The van der Waals surface area contributed by atoms with Crippen molar-refractivity contribution in [1.82, 2.24) is 4.31 Å². The standard InChI is InChI=1S/C14H22BrN3O2S/c1-17(2)11-6-7-13(15)14(9-11)21(19,20)18-8-4-3-5-12(18)10-16/h6-7,9,12H,3-5,8,10,16H2,1-2H3. The predicted octanol–water partition coefficient (Wildman–Crippen LogP) is 2.02. The van der Waals surface area contributed by atoms with Crippen LogP contribution in [0.4, 0.5) is 5.69 Å². The number of anilines is 1. The number of hydrogen-bond donors (Lipinski definition) is 1. The molecule has 0 bridgehead atoms. The van der Waals surface area contributed by atoms with Gasteiger partial charge in [0, 0.05) is 43.4 Å². The highest BCUT2D eigenvalue weighted by Gasteiger charge is 2.34. The fourth-order valence-electron chi connectivity index (χ4n) is 2.62. The number of nitrogens with two attached hydrogens (primary N) is 1. The molecule has 1 aliphatic rings. The van der Waals surface area contributed by atoms with Crippen molar-refractivity contribution in [3.8, 4) is 0 Å². The van der Waals surface area contributed by atoms with Gasteiger partial charge in [0.1, 0.15) is 0 Å². The Morgan fingerprint density at radius 3 is 2.71 bits per heavy atom. The van der Waals surface area contributed by atoms with Gasteiger partial charge in [-0.25, -0.2) is 8.42 Å². The molecule has 1 saturated heterocycles. The average molecular weight is 376 g/mol. The number of hydrogen-bond acceptors (Lipinski definition) is 4. The van der Waals surface area contributed by atoms with Crippen molar-refractivity contribution < 1.29 is 8.42 Å². The van der Waals surface area contributed by atoms with Crippen LogP contribution in [0.15, 0.2) is 27.6 Å². The molecule has 0 spiro atoms. The van der Waals surface area contributed by atoms with Crippen LogP contribution in [-0.2, 0) is 10.0 Å². The number of benzene rings is 1. The van der Waals surface area contributed by atoms with Crippen LogP contribution in [0.5, 0.6) is 0 Å². The van der Waals surface area contributed by atoms with Crippen LogP contribution in [0.3, 0.4) is 0 Å². The summed E-state index contributed by atoms with van der Waals surface area (Å²) in [6.07, 6.45) is 2.76. The van der Waals surface area contributed by atoms with Crippen LogP contribution in [0.1, 0.15) is 19.3 Å². The van der Waals surface area contributed by atoms with Crippen LogP contribution < -0.4 is 10.6 Å². The zero-order valence-corrected chi connectivity index (χ0v) is 14.8. The number of piperidine rings is 1. The summed E-state index contributed by atoms with van der Waals surface area (Å²) in [7, 11) is 0.254. The van der Waals surface area contributed by atoms with Gasteiger partial charge >= 0.3 is 0 Å². The fourth-order valence-corrected chi connectivity index (χ4v) is 5.27. The van der Waals surface area contributed by atoms with E-state index in [9.17, 15) is 8.42 Å². The topological polar surface area (TPSA) is 66.6 Å². The minimum atomic E-state index is -3.53. The van der Waals surface area contributed by atoms with E-state index < -0.39 is 10.0 Å². The third kappa shape index (κ3) is 3.41. The van der Waals surface area contributed by atoms with E-state index in [4.69, 9.17) is 5.73 Å². The van der Waals surface area contributed by atoms with Gasteiger partial charge < -0.3 is 10.6 Å². The molecule has 118 valence electrons. The van der Waals surface area contributed by atoms with Crippen molar-refractivity contribution in [2.45, 2.75) is 30.2 Å². The summed E-state index contributed by atoms with van der Waals surface area (Å²) in [5.74, 6) is 0. The van der Waals surface area contributed by atoms with Gasteiger partial charge in [-0.2, -0.15) is 4.31 Å². The van der Waals surface area contributed by atoms with Crippen molar-refractivity contribution in [3.63, 3.8) is 0 Å². The van der Waals surface area contributed by atoms with Gasteiger partial charge in [0.05, 0.1) is 4.90 Å². The zero-order chi connectivity index (χ0) is 15.6. The number of nitrogens with zero attached hydrogens (tertiary/aromatic N) is 2. The Balaban J connectivity index is 2.45. The van der Waals surface area contributed by atoms with Gasteiger partial charge in [0.25, 0.3) is 0 Å². The minimum Gasteiger partial charge on any atom is -0.378 e. The molecule has 0 aromatic heterocycles. The highest BCUT2D eigenvalue weighted by Crippen LogP contribution is 2.32. The lowest BCUT2D eigenvalue weighted by Crippen LogP contribution is -2.47. The quantitative estimate of drug-likeness (QED) is 0.873. The Kier molecular flexibility index (Phi) is 5.29. The van der Waals surface area contributed by atoms with Gasteiger partial charge in [-0.1, -0.05) is 6.42 Å². The largest absolute Gasteiger partial charge is 0.378 e. The van der Waals surface area contributed by atoms with Crippen molar-refractivity contribution in [2.75, 3.05) is 32.1 Å². The Hall–Kier alpha value is -0.630. The average Bonchev–Trinajstić information content (AvgIpc) is 2.47. The summed E-state index contributed by atoms with van der Waals surface area (Å²) in [5.41, 5.74) is 6.62. The molecule has 1 heterocycles. The van der Waals surface area contributed by atoms with Crippen molar-refractivity contribution >= 4 is 31.6 Å².